The Morgan fingerprint density at radius 2 is 1.82 bits per heavy atom. The van der Waals surface area contributed by atoms with E-state index in [1.807, 2.05) is 0 Å². The highest BCUT2D eigenvalue weighted by Gasteiger charge is 2.61. The molecule has 1 aromatic rings. The van der Waals surface area contributed by atoms with E-state index in [2.05, 4.69) is 5.32 Å². The van der Waals surface area contributed by atoms with E-state index < -0.39 is 36.4 Å². The summed E-state index contributed by atoms with van der Waals surface area (Å²) in [7, 11) is -6.88. The number of nitrogens with one attached hydrogen (secondary N) is 1. The van der Waals surface area contributed by atoms with Gasteiger partial charge in [0, 0.05) is 6.04 Å². The highest BCUT2D eigenvalue weighted by atomic mass is 32.2. The van der Waals surface area contributed by atoms with Crippen molar-refractivity contribution in [1.29, 1.82) is 0 Å². The molecular formula is C14H17NO5S2. The van der Waals surface area contributed by atoms with Gasteiger partial charge in [0.05, 0.1) is 16.4 Å². The first-order chi connectivity index (χ1) is 10.3. The Kier molecular flexibility index (Phi) is 3.56. The van der Waals surface area contributed by atoms with E-state index in [0.717, 1.165) is 0 Å². The SMILES string of the molecule is O=C(NC1CCS(=O)(=O)C1)C1(S(=O)(=O)c2ccccc2)CC1. The number of hydrogen-bond acceptors (Lipinski definition) is 5. The van der Waals surface area contributed by atoms with E-state index in [1.165, 1.54) is 12.1 Å². The summed E-state index contributed by atoms with van der Waals surface area (Å²) in [5.41, 5.74) is 0. The molecule has 120 valence electrons. The fourth-order valence-corrected chi connectivity index (χ4v) is 6.36. The predicted octanol–water partition coefficient (Wildman–Crippen LogP) is 0.296. The van der Waals surface area contributed by atoms with Crippen LogP contribution >= 0.6 is 0 Å². The Balaban J connectivity index is 1.81. The van der Waals surface area contributed by atoms with E-state index in [4.69, 9.17) is 0 Å². The fourth-order valence-electron chi connectivity index (χ4n) is 2.78. The summed E-state index contributed by atoms with van der Waals surface area (Å²) >= 11 is 0. The zero-order valence-corrected chi connectivity index (χ0v) is 13.5. The van der Waals surface area contributed by atoms with Gasteiger partial charge < -0.3 is 5.32 Å². The molecule has 22 heavy (non-hydrogen) atoms. The monoisotopic (exact) mass is 343 g/mol. The van der Waals surface area contributed by atoms with Crippen molar-refractivity contribution in [3.8, 4) is 0 Å². The molecule has 1 saturated heterocycles. The lowest BCUT2D eigenvalue weighted by atomic mass is 10.2. The topological polar surface area (TPSA) is 97.4 Å². The fraction of sp³-hybridized carbons (Fsp3) is 0.500. The molecule has 1 aliphatic heterocycles. The Bertz CT molecular complexity index is 795. The maximum absolute atomic E-state index is 12.7. The van der Waals surface area contributed by atoms with Crippen LogP contribution in [0.5, 0.6) is 0 Å². The van der Waals surface area contributed by atoms with Gasteiger partial charge in [-0.1, -0.05) is 18.2 Å². The quantitative estimate of drug-likeness (QED) is 0.848. The number of carbonyl (C=O) groups excluding carboxylic acids is 1. The minimum Gasteiger partial charge on any atom is -0.351 e. The van der Waals surface area contributed by atoms with E-state index in [0.29, 0.717) is 6.42 Å². The van der Waals surface area contributed by atoms with Gasteiger partial charge in [0.25, 0.3) is 0 Å². The van der Waals surface area contributed by atoms with Crippen LogP contribution in [-0.2, 0) is 24.5 Å². The van der Waals surface area contributed by atoms with Crippen molar-refractivity contribution in [2.75, 3.05) is 11.5 Å². The van der Waals surface area contributed by atoms with Crippen LogP contribution in [0.25, 0.3) is 0 Å². The van der Waals surface area contributed by atoms with Gasteiger partial charge in [-0.25, -0.2) is 16.8 Å². The molecule has 8 heteroatoms. The Labute approximate surface area is 129 Å². The molecule has 2 aliphatic rings. The third-order valence-corrected chi connectivity index (χ3v) is 8.54. The summed E-state index contributed by atoms with van der Waals surface area (Å²) in [6.07, 6.45) is 0.889. The van der Waals surface area contributed by atoms with E-state index >= 15 is 0 Å². The lowest BCUT2D eigenvalue weighted by molar-refractivity contribution is -0.121. The highest BCUT2D eigenvalue weighted by molar-refractivity contribution is 7.94. The molecule has 1 aliphatic carbocycles. The van der Waals surface area contributed by atoms with Crippen molar-refractivity contribution < 1.29 is 21.6 Å². The molecule has 1 amide bonds. The van der Waals surface area contributed by atoms with Crippen LogP contribution < -0.4 is 5.32 Å². The maximum Gasteiger partial charge on any atom is 0.242 e. The minimum absolute atomic E-state index is 0.0381. The molecule has 1 unspecified atom stereocenters. The number of rotatable bonds is 4. The first-order valence-electron chi connectivity index (χ1n) is 7.08. The summed E-state index contributed by atoms with van der Waals surface area (Å²) < 4.78 is 46.8. The highest BCUT2D eigenvalue weighted by Crippen LogP contribution is 2.47. The molecule has 0 spiro atoms. The van der Waals surface area contributed by atoms with E-state index in [1.54, 1.807) is 18.2 Å². The molecule has 0 radical (unpaired) electrons. The van der Waals surface area contributed by atoms with Gasteiger partial charge in [0.2, 0.25) is 5.91 Å². The standard InChI is InChI=1S/C14H17NO5S2/c16-13(15-11-6-9-21(17,18)10-11)14(7-8-14)22(19,20)12-4-2-1-3-5-12/h1-5,11H,6-10H2,(H,15,16). The van der Waals surface area contributed by atoms with E-state index in [-0.39, 0.29) is 29.2 Å². The lowest BCUT2D eigenvalue weighted by Gasteiger charge is -2.19. The smallest absolute Gasteiger partial charge is 0.242 e. The minimum atomic E-state index is -3.76. The number of hydrogen-bond donors (Lipinski definition) is 1. The summed E-state index contributed by atoms with van der Waals surface area (Å²) in [5.74, 6) is -0.644. The van der Waals surface area contributed by atoms with Crippen molar-refractivity contribution in [1.82, 2.24) is 5.32 Å². The Hall–Kier alpha value is -1.41. The van der Waals surface area contributed by atoms with Crippen LogP contribution in [0.1, 0.15) is 19.3 Å². The summed E-state index contributed by atoms with van der Waals surface area (Å²) in [5, 5.41) is 2.62. The van der Waals surface area contributed by atoms with Crippen LogP contribution in [0.2, 0.25) is 0 Å². The molecule has 1 N–H and O–H groups in total. The summed E-state index contributed by atoms with van der Waals surface area (Å²) in [6, 6.07) is 7.41. The van der Waals surface area contributed by atoms with Gasteiger partial charge >= 0.3 is 0 Å². The van der Waals surface area contributed by atoms with Gasteiger partial charge in [0.15, 0.2) is 24.4 Å². The van der Waals surface area contributed by atoms with Gasteiger partial charge in [-0.15, -0.1) is 0 Å². The molecule has 2 fully saturated rings. The third-order valence-electron chi connectivity index (χ3n) is 4.25. The van der Waals surface area contributed by atoms with E-state index in [9.17, 15) is 21.6 Å². The molecule has 6 nitrogen and oxygen atoms in total. The molecule has 0 aromatic heterocycles. The normalized spacial score (nSPS) is 25.5. The largest absolute Gasteiger partial charge is 0.351 e. The molecule has 0 bridgehead atoms. The lowest BCUT2D eigenvalue weighted by Crippen LogP contribution is -2.46. The van der Waals surface area contributed by atoms with Crippen LogP contribution in [0.3, 0.4) is 0 Å². The molecule has 1 atom stereocenters. The van der Waals surface area contributed by atoms with Crippen molar-refractivity contribution in [2.45, 2.75) is 34.9 Å². The van der Waals surface area contributed by atoms with Gasteiger partial charge in [-0.05, 0) is 31.4 Å². The second-order valence-electron chi connectivity index (χ2n) is 5.88. The van der Waals surface area contributed by atoms with Gasteiger partial charge in [0.1, 0.15) is 0 Å². The number of sulfone groups is 2. The van der Waals surface area contributed by atoms with Crippen molar-refractivity contribution in [3.63, 3.8) is 0 Å². The number of carbonyl (C=O) groups is 1. The average molecular weight is 343 g/mol. The van der Waals surface area contributed by atoms with Crippen molar-refractivity contribution >= 4 is 25.6 Å². The zero-order chi connectivity index (χ0) is 16.0. The molecule has 1 heterocycles. The maximum atomic E-state index is 12.7. The Morgan fingerprint density at radius 1 is 1.18 bits per heavy atom. The van der Waals surface area contributed by atoms with Crippen LogP contribution in [0, 0.1) is 0 Å². The second kappa shape index (κ2) is 5.06. The number of benzene rings is 1. The molecule has 1 aromatic carbocycles. The predicted molar refractivity (Wildman–Crippen MR) is 80.8 cm³/mol. The van der Waals surface area contributed by atoms with Crippen LogP contribution in [-0.4, -0.2) is 45.0 Å². The Morgan fingerprint density at radius 3 is 2.32 bits per heavy atom. The summed E-state index contributed by atoms with van der Waals surface area (Å²) in [6.45, 7) is 0. The second-order valence-corrected chi connectivity index (χ2v) is 10.4. The zero-order valence-electron chi connectivity index (χ0n) is 11.9. The molecular weight excluding hydrogens is 326 g/mol. The summed E-state index contributed by atoms with van der Waals surface area (Å²) in [4.78, 5) is 12.6. The first kappa shape index (κ1) is 15.5. The van der Waals surface area contributed by atoms with Crippen LogP contribution in [0.15, 0.2) is 35.2 Å². The van der Waals surface area contributed by atoms with Crippen molar-refractivity contribution in [2.24, 2.45) is 0 Å². The molecule has 3 rings (SSSR count). The van der Waals surface area contributed by atoms with Crippen LogP contribution in [0.4, 0.5) is 0 Å². The molecule has 1 saturated carbocycles. The van der Waals surface area contributed by atoms with Gasteiger partial charge in [-0.3, -0.25) is 4.79 Å². The third kappa shape index (κ3) is 2.54. The average Bonchev–Trinajstić information content (AvgIpc) is 3.22. The van der Waals surface area contributed by atoms with Crippen molar-refractivity contribution in [3.05, 3.63) is 30.3 Å². The first-order valence-corrected chi connectivity index (χ1v) is 10.4. The van der Waals surface area contributed by atoms with Gasteiger partial charge in [-0.2, -0.15) is 0 Å². The number of amides is 1.